The van der Waals surface area contributed by atoms with Crippen LogP contribution in [0.4, 0.5) is 0 Å². The van der Waals surface area contributed by atoms with E-state index in [0.717, 1.165) is 25.7 Å². The zero-order valence-corrected chi connectivity index (χ0v) is 9.12. The zero-order chi connectivity index (χ0) is 10.3. The van der Waals surface area contributed by atoms with Crippen LogP contribution in [0, 0.1) is 17.3 Å². The van der Waals surface area contributed by atoms with Crippen molar-refractivity contribution in [3.63, 3.8) is 0 Å². The quantitative estimate of drug-likeness (QED) is 0.644. The molecule has 0 aromatic rings. The van der Waals surface area contributed by atoms with Gasteiger partial charge in [0.25, 0.3) is 0 Å². The standard InChI is InChI=1S/C12H20O2/c1-8-3-4-9(13)7-12(2)10(8)5-6-11(12)14/h8,10-11,14H,3-7H2,1-2H3/t8-,10-,11-,12-/m0/s1. The van der Waals surface area contributed by atoms with E-state index in [1.54, 1.807) is 0 Å². The molecule has 0 bridgehead atoms. The van der Waals surface area contributed by atoms with Crippen molar-refractivity contribution in [2.24, 2.45) is 17.3 Å². The van der Waals surface area contributed by atoms with E-state index in [4.69, 9.17) is 0 Å². The molecule has 2 fully saturated rings. The topological polar surface area (TPSA) is 37.3 Å². The number of carbonyl (C=O) groups is 1. The van der Waals surface area contributed by atoms with Crippen molar-refractivity contribution in [2.45, 2.75) is 52.1 Å². The Hall–Kier alpha value is -0.370. The maximum absolute atomic E-state index is 11.6. The van der Waals surface area contributed by atoms with E-state index in [2.05, 4.69) is 13.8 Å². The summed E-state index contributed by atoms with van der Waals surface area (Å²) >= 11 is 0. The largest absolute Gasteiger partial charge is 0.393 e. The molecule has 2 rings (SSSR count). The Balaban J connectivity index is 2.28. The highest BCUT2D eigenvalue weighted by atomic mass is 16.3. The zero-order valence-electron chi connectivity index (χ0n) is 9.12. The van der Waals surface area contributed by atoms with Crippen LogP contribution < -0.4 is 0 Å². The van der Waals surface area contributed by atoms with Gasteiger partial charge in [-0.2, -0.15) is 0 Å². The van der Waals surface area contributed by atoms with Crippen LogP contribution in [0.5, 0.6) is 0 Å². The lowest BCUT2D eigenvalue weighted by Gasteiger charge is -2.35. The van der Waals surface area contributed by atoms with Crippen molar-refractivity contribution in [1.82, 2.24) is 0 Å². The van der Waals surface area contributed by atoms with E-state index in [9.17, 15) is 9.90 Å². The lowest BCUT2D eigenvalue weighted by molar-refractivity contribution is -0.122. The predicted molar refractivity (Wildman–Crippen MR) is 54.9 cm³/mol. The number of carbonyl (C=O) groups excluding carboxylic acids is 1. The molecule has 0 spiro atoms. The molecule has 0 unspecified atom stereocenters. The Morgan fingerprint density at radius 3 is 2.79 bits per heavy atom. The number of aliphatic hydroxyl groups is 1. The van der Waals surface area contributed by atoms with Crippen molar-refractivity contribution in [3.05, 3.63) is 0 Å². The van der Waals surface area contributed by atoms with Crippen LogP contribution in [0.1, 0.15) is 46.0 Å². The fourth-order valence-corrected chi connectivity index (χ4v) is 3.53. The van der Waals surface area contributed by atoms with Crippen LogP contribution in [0.2, 0.25) is 0 Å². The molecule has 2 saturated carbocycles. The third kappa shape index (κ3) is 1.40. The average molecular weight is 196 g/mol. The number of fused-ring (bicyclic) bond motifs is 1. The summed E-state index contributed by atoms with van der Waals surface area (Å²) < 4.78 is 0. The summed E-state index contributed by atoms with van der Waals surface area (Å²) in [5, 5.41) is 9.99. The molecule has 80 valence electrons. The Kier molecular flexibility index (Phi) is 2.42. The number of hydrogen-bond donors (Lipinski definition) is 1. The molecule has 4 atom stereocenters. The van der Waals surface area contributed by atoms with Crippen LogP contribution in [-0.2, 0) is 4.79 Å². The van der Waals surface area contributed by atoms with Crippen molar-refractivity contribution < 1.29 is 9.90 Å². The van der Waals surface area contributed by atoms with Gasteiger partial charge in [0, 0.05) is 18.3 Å². The average Bonchev–Trinajstić information content (AvgIpc) is 2.33. The van der Waals surface area contributed by atoms with Gasteiger partial charge in [0.1, 0.15) is 5.78 Å². The van der Waals surface area contributed by atoms with Gasteiger partial charge in [-0.3, -0.25) is 4.79 Å². The first-order valence-corrected chi connectivity index (χ1v) is 5.74. The Morgan fingerprint density at radius 2 is 2.07 bits per heavy atom. The molecule has 14 heavy (non-hydrogen) atoms. The number of hydrogen-bond acceptors (Lipinski definition) is 2. The molecule has 1 N–H and O–H groups in total. The van der Waals surface area contributed by atoms with E-state index in [-0.39, 0.29) is 11.5 Å². The van der Waals surface area contributed by atoms with Gasteiger partial charge in [-0.1, -0.05) is 13.8 Å². The summed E-state index contributed by atoms with van der Waals surface area (Å²) in [6, 6.07) is 0. The monoisotopic (exact) mass is 196 g/mol. The molecule has 0 heterocycles. The summed E-state index contributed by atoms with van der Waals surface area (Å²) in [6.45, 7) is 4.34. The molecular weight excluding hydrogens is 176 g/mol. The Morgan fingerprint density at radius 1 is 1.36 bits per heavy atom. The van der Waals surface area contributed by atoms with Crippen molar-refractivity contribution >= 4 is 5.78 Å². The number of aliphatic hydroxyl groups excluding tert-OH is 1. The fourth-order valence-electron chi connectivity index (χ4n) is 3.53. The second-order valence-electron chi connectivity index (χ2n) is 5.44. The van der Waals surface area contributed by atoms with Crippen LogP contribution in [0.3, 0.4) is 0 Å². The smallest absolute Gasteiger partial charge is 0.133 e. The predicted octanol–water partition coefficient (Wildman–Crippen LogP) is 2.15. The third-order valence-corrected chi connectivity index (χ3v) is 4.50. The number of ketones is 1. The van der Waals surface area contributed by atoms with Crippen molar-refractivity contribution in [2.75, 3.05) is 0 Å². The van der Waals surface area contributed by atoms with Gasteiger partial charge < -0.3 is 5.11 Å². The molecule has 2 heteroatoms. The molecule has 0 saturated heterocycles. The third-order valence-electron chi connectivity index (χ3n) is 4.50. The first-order chi connectivity index (χ1) is 6.54. The summed E-state index contributed by atoms with van der Waals surface area (Å²) in [7, 11) is 0. The molecule has 2 aliphatic rings. The summed E-state index contributed by atoms with van der Waals surface area (Å²) in [6.07, 6.45) is 4.08. The minimum Gasteiger partial charge on any atom is -0.393 e. The van der Waals surface area contributed by atoms with Gasteiger partial charge >= 0.3 is 0 Å². The van der Waals surface area contributed by atoms with Crippen LogP contribution in [0.15, 0.2) is 0 Å². The highest BCUT2D eigenvalue weighted by Gasteiger charge is 2.50. The molecule has 0 radical (unpaired) electrons. The summed E-state index contributed by atoms with van der Waals surface area (Å²) in [5.74, 6) is 1.51. The van der Waals surface area contributed by atoms with Gasteiger partial charge in [-0.05, 0) is 31.1 Å². The summed E-state index contributed by atoms with van der Waals surface area (Å²) in [5.41, 5.74) is -0.118. The van der Waals surface area contributed by atoms with Crippen LogP contribution in [-0.4, -0.2) is 17.0 Å². The van der Waals surface area contributed by atoms with Gasteiger partial charge in [-0.25, -0.2) is 0 Å². The molecule has 0 aromatic heterocycles. The first-order valence-electron chi connectivity index (χ1n) is 5.74. The molecule has 0 aliphatic heterocycles. The second kappa shape index (κ2) is 3.34. The lowest BCUT2D eigenvalue weighted by atomic mass is 9.71. The highest BCUT2D eigenvalue weighted by Crippen LogP contribution is 2.52. The minimum atomic E-state index is -0.253. The maximum Gasteiger partial charge on any atom is 0.133 e. The fraction of sp³-hybridized carbons (Fsp3) is 0.917. The van der Waals surface area contributed by atoms with Crippen molar-refractivity contribution in [3.8, 4) is 0 Å². The molecular formula is C12H20O2. The first kappa shape index (κ1) is 10.2. The Labute approximate surface area is 85.7 Å². The van der Waals surface area contributed by atoms with E-state index in [1.807, 2.05) is 0 Å². The second-order valence-corrected chi connectivity index (χ2v) is 5.44. The van der Waals surface area contributed by atoms with Gasteiger partial charge in [-0.15, -0.1) is 0 Å². The van der Waals surface area contributed by atoms with Gasteiger partial charge in [0.05, 0.1) is 6.10 Å². The van der Waals surface area contributed by atoms with E-state index in [0.29, 0.717) is 24.0 Å². The van der Waals surface area contributed by atoms with Crippen LogP contribution in [0.25, 0.3) is 0 Å². The van der Waals surface area contributed by atoms with E-state index < -0.39 is 0 Å². The number of rotatable bonds is 0. The number of Topliss-reactive ketones (excluding diaryl/α,β-unsaturated/α-hetero) is 1. The van der Waals surface area contributed by atoms with E-state index in [1.165, 1.54) is 0 Å². The van der Waals surface area contributed by atoms with E-state index >= 15 is 0 Å². The van der Waals surface area contributed by atoms with Gasteiger partial charge in [0.15, 0.2) is 0 Å². The summed E-state index contributed by atoms with van der Waals surface area (Å²) in [4.78, 5) is 11.6. The molecule has 0 amide bonds. The SMILES string of the molecule is C[C@H]1CCC(=O)C[C@]2(C)[C@@H](O)CC[C@@H]12. The van der Waals surface area contributed by atoms with Crippen LogP contribution >= 0.6 is 0 Å². The maximum atomic E-state index is 11.6. The highest BCUT2D eigenvalue weighted by molar-refractivity contribution is 5.79. The molecule has 2 aliphatic carbocycles. The van der Waals surface area contributed by atoms with Gasteiger partial charge in [0.2, 0.25) is 0 Å². The molecule has 0 aromatic carbocycles. The lowest BCUT2D eigenvalue weighted by Crippen LogP contribution is -2.35. The normalized spacial score (nSPS) is 48.8. The Bertz CT molecular complexity index is 249. The van der Waals surface area contributed by atoms with Crippen molar-refractivity contribution in [1.29, 1.82) is 0 Å². The minimum absolute atomic E-state index is 0.118. The molecule has 2 nitrogen and oxygen atoms in total.